The molecule has 0 aliphatic rings. The van der Waals surface area contributed by atoms with Crippen molar-refractivity contribution in [1.29, 1.82) is 0 Å². The molecule has 0 aromatic heterocycles. The Balaban J connectivity index is 2.77. The van der Waals surface area contributed by atoms with Gasteiger partial charge in [-0.15, -0.1) is 0 Å². The first kappa shape index (κ1) is 14.0. The fraction of sp³-hybridized carbons (Fsp3) is 0.0769. The van der Waals surface area contributed by atoms with Crippen molar-refractivity contribution in [2.24, 2.45) is 0 Å². The molecule has 0 fully saturated rings. The maximum Gasteiger partial charge on any atom is 0.578 e. The first-order valence-corrected chi connectivity index (χ1v) is 7.96. The molecular weight excluding hydrogens is 282 g/mol. The van der Waals surface area contributed by atoms with Gasteiger partial charge in [0.25, 0.3) is 0 Å². The number of hydrogen-bond acceptors (Lipinski definition) is 2. The highest BCUT2D eigenvalue weighted by Crippen LogP contribution is 2.62. The average molecular weight is 294 g/mol. The summed E-state index contributed by atoms with van der Waals surface area (Å²) in [4.78, 5) is 17.6. The van der Waals surface area contributed by atoms with Crippen LogP contribution < -0.4 is 0 Å². The highest BCUT2D eigenvalue weighted by molar-refractivity contribution is 7.59. The minimum atomic E-state index is -2.92. The minimum Gasteiger partial charge on any atom is -0.156 e. The Hall–Kier alpha value is -1.44. The quantitative estimate of drug-likeness (QED) is 0.848. The van der Waals surface area contributed by atoms with E-state index < -0.39 is 21.0 Å². The largest absolute Gasteiger partial charge is 0.578 e. The van der Waals surface area contributed by atoms with Gasteiger partial charge in [-0.05, 0) is 33.4 Å². The second-order valence-corrected chi connectivity index (χ2v) is 6.74. The van der Waals surface area contributed by atoms with E-state index in [1.807, 2.05) is 0 Å². The van der Waals surface area contributed by atoms with E-state index in [0.29, 0.717) is 11.1 Å². The predicted octanol–water partition coefficient (Wildman–Crippen LogP) is 3.36. The molecule has 0 spiro atoms. The van der Waals surface area contributed by atoms with Crippen LogP contribution in [0.2, 0.25) is 0 Å². The van der Waals surface area contributed by atoms with Crippen molar-refractivity contribution in [2.45, 2.75) is 4.90 Å². The fourth-order valence-electron chi connectivity index (χ4n) is 2.02. The highest BCUT2D eigenvalue weighted by atomic mass is 31.2. The van der Waals surface area contributed by atoms with Gasteiger partial charge in [-0.1, -0.05) is 36.4 Å². The van der Waals surface area contributed by atoms with Crippen molar-refractivity contribution in [3.05, 3.63) is 71.8 Å². The van der Waals surface area contributed by atoms with Gasteiger partial charge < -0.3 is 0 Å². The number of rotatable bonds is 4. The van der Waals surface area contributed by atoms with Crippen molar-refractivity contribution in [3.63, 3.8) is 0 Å². The zero-order chi connectivity index (χ0) is 13.9. The van der Waals surface area contributed by atoms with Gasteiger partial charge in [0.2, 0.25) is 0 Å². The molecule has 0 saturated heterocycles. The summed E-state index contributed by atoms with van der Waals surface area (Å²) in [6.45, 7) is 0. The van der Waals surface area contributed by atoms with Crippen molar-refractivity contribution in [2.75, 3.05) is 0 Å². The van der Waals surface area contributed by atoms with Crippen LogP contribution in [0.25, 0.3) is 0 Å². The van der Waals surface area contributed by atoms with Crippen LogP contribution in [0.15, 0.2) is 60.7 Å². The third-order valence-electron chi connectivity index (χ3n) is 2.91. The van der Waals surface area contributed by atoms with Crippen LogP contribution in [0.1, 0.15) is 11.1 Å². The van der Waals surface area contributed by atoms with E-state index in [0.717, 1.165) is 0 Å². The molecule has 2 rings (SSSR count). The van der Waals surface area contributed by atoms with E-state index in [-0.39, 0.29) is 0 Å². The van der Waals surface area contributed by atoms with Crippen LogP contribution in [0.3, 0.4) is 0 Å². The van der Waals surface area contributed by atoms with Crippen LogP contribution in [0, 0.1) is 0 Å². The zero-order valence-corrected chi connectivity index (χ0v) is 11.7. The van der Waals surface area contributed by atoms with Gasteiger partial charge in [0.1, 0.15) is 0 Å². The Labute approximate surface area is 112 Å². The van der Waals surface area contributed by atoms with Crippen LogP contribution in [0.5, 0.6) is 0 Å². The summed E-state index contributed by atoms with van der Waals surface area (Å²) >= 11 is 0. The van der Waals surface area contributed by atoms with Crippen LogP contribution in [0.4, 0.5) is 0 Å². The van der Waals surface area contributed by atoms with Gasteiger partial charge >= 0.3 is 21.0 Å². The van der Waals surface area contributed by atoms with E-state index in [4.69, 9.17) is 0 Å². The molecule has 0 aliphatic heterocycles. The second-order valence-electron chi connectivity index (χ2n) is 3.95. The van der Waals surface area contributed by atoms with Crippen LogP contribution >= 0.6 is 16.1 Å². The molecule has 0 aliphatic carbocycles. The predicted molar refractivity (Wildman–Crippen MR) is 73.3 cm³/mol. The average Bonchev–Trinajstić information content (AvgIpc) is 2.41. The Bertz CT molecular complexity index is 543. The van der Waals surface area contributed by atoms with Gasteiger partial charge in [0, 0.05) is 0 Å². The lowest BCUT2D eigenvalue weighted by Gasteiger charge is -2.10. The maximum atomic E-state index is 11.9. The molecule has 96 valence electrons. The van der Waals surface area contributed by atoms with Gasteiger partial charge in [-0.2, -0.15) is 9.79 Å². The van der Waals surface area contributed by atoms with E-state index in [1.54, 1.807) is 60.7 Å². The molecule has 4 nitrogen and oxygen atoms in total. The molecule has 0 saturated carbocycles. The first-order chi connectivity index (χ1) is 9.10. The van der Waals surface area contributed by atoms with Crippen molar-refractivity contribution < 1.29 is 18.9 Å². The fourth-order valence-corrected chi connectivity index (χ4v) is 4.09. The van der Waals surface area contributed by atoms with Gasteiger partial charge in [0.05, 0.1) is 11.1 Å². The van der Waals surface area contributed by atoms with Crippen molar-refractivity contribution >= 4 is 16.1 Å². The Kier molecular flexibility index (Phi) is 4.18. The smallest absolute Gasteiger partial charge is 0.156 e. The zero-order valence-electron chi connectivity index (χ0n) is 9.88. The summed E-state index contributed by atoms with van der Waals surface area (Å²) in [7, 11) is -5.85. The summed E-state index contributed by atoms with van der Waals surface area (Å²) in [6, 6.07) is 16.5. The lowest BCUT2D eigenvalue weighted by Crippen LogP contribution is -2.19. The summed E-state index contributed by atoms with van der Waals surface area (Å²) in [5.74, 6) is 0. The molecular formula is C13H12O4P2+2. The number of hydrogen-bond donors (Lipinski definition) is 2. The molecule has 6 heteroatoms. The molecule has 0 bridgehead atoms. The van der Waals surface area contributed by atoms with Crippen molar-refractivity contribution in [3.8, 4) is 0 Å². The third-order valence-corrected chi connectivity index (χ3v) is 6.07. The first-order valence-electron chi connectivity index (χ1n) is 5.53. The standard InChI is InChI=1S/C13H10O4P2/c14-18(15)13(19(16)17,11-7-3-1-4-8-11)12-9-5-2-6-10-12/h1-10H/p+2. The summed E-state index contributed by atoms with van der Waals surface area (Å²) < 4.78 is 23.7. The summed E-state index contributed by atoms with van der Waals surface area (Å²) in [6.07, 6.45) is 0. The molecule has 2 aromatic carbocycles. The lowest BCUT2D eigenvalue weighted by atomic mass is 10.0. The monoisotopic (exact) mass is 294 g/mol. The van der Waals surface area contributed by atoms with Crippen molar-refractivity contribution in [1.82, 2.24) is 0 Å². The Morgan fingerprint density at radius 3 is 1.26 bits per heavy atom. The molecule has 0 heterocycles. The molecule has 2 unspecified atom stereocenters. The van der Waals surface area contributed by atoms with E-state index in [9.17, 15) is 18.9 Å². The normalized spacial score (nSPS) is 12.9. The summed E-state index contributed by atoms with van der Waals surface area (Å²) in [5.41, 5.74) is 0.710. The SMILES string of the molecule is O=[P+](O)C(c1ccccc1)(c1ccccc1)[P+](=O)O. The second kappa shape index (κ2) is 5.68. The van der Waals surface area contributed by atoms with Crippen LogP contribution in [-0.2, 0) is 14.0 Å². The lowest BCUT2D eigenvalue weighted by molar-refractivity contribution is 0.463. The molecule has 2 aromatic rings. The van der Waals surface area contributed by atoms with E-state index in [1.165, 1.54) is 0 Å². The molecule has 2 N–H and O–H groups in total. The van der Waals surface area contributed by atoms with E-state index >= 15 is 0 Å². The third kappa shape index (κ3) is 2.36. The molecule has 0 radical (unpaired) electrons. The van der Waals surface area contributed by atoms with Gasteiger partial charge in [0.15, 0.2) is 0 Å². The Morgan fingerprint density at radius 1 is 0.684 bits per heavy atom. The van der Waals surface area contributed by atoms with Gasteiger partial charge in [-0.25, -0.2) is 0 Å². The van der Waals surface area contributed by atoms with Gasteiger partial charge in [-0.3, -0.25) is 0 Å². The minimum absolute atomic E-state index is 0.355. The maximum absolute atomic E-state index is 11.9. The molecule has 2 atom stereocenters. The highest BCUT2D eigenvalue weighted by Gasteiger charge is 2.70. The van der Waals surface area contributed by atoms with E-state index in [2.05, 4.69) is 0 Å². The topological polar surface area (TPSA) is 74.6 Å². The van der Waals surface area contributed by atoms with Crippen LogP contribution in [-0.4, -0.2) is 9.79 Å². The molecule has 19 heavy (non-hydrogen) atoms. The molecule has 0 amide bonds. The Morgan fingerprint density at radius 2 is 1.00 bits per heavy atom. The summed E-state index contributed by atoms with van der Waals surface area (Å²) in [5, 5.41) is 0. The number of benzene rings is 2.